The lowest BCUT2D eigenvalue weighted by Crippen LogP contribution is -2.26. The third-order valence-electron chi connectivity index (χ3n) is 2.72. The molecule has 2 rings (SSSR count). The molecule has 1 saturated heterocycles. The molecule has 1 aromatic carbocycles. The molecule has 0 aromatic heterocycles. The molecule has 1 nitrogen and oxygen atoms in total. The van der Waals surface area contributed by atoms with Gasteiger partial charge in [0.1, 0.15) is 0 Å². The molecule has 1 fully saturated rings. The van der Waals surface area contributed by atoms with Gasteiger partial charge in [-0.3, -0.25) is 0 Å². The predicted octanol–water partition coefficient (Wildman–Crippen LogP) is 5.18. The van der Waals surface area contributed by atoms with Gasteiger partial charge >= 0.3 is 0 Å². The Morgan fingerprint density at radius 1 is 1.06 bits per heavy atom. The van der Waals surface area contributed by atoms with Crippen molar-refractivity contribution in [2.24, 2.45) is 0 Å². The first kappa shape index (κ1) is 14.0. The molecule has 17 heavy (non-hydrogen) atoms. The third kappa shape index (κ3) is 3.31. The standard InChI is InChI=1S/C11H11Cl4OSi/c12-8-5-7(9(13)11(15)10(8)14)6-17-4-2-1-3-16-17/h5H,1-4,6H2. The van der Waals surface area contributed by atoms with Crippen LogP contribution in [0, 0.1) is 0 Å². The monoisotopic (exact) mass is 327 g/mol. The van der Waals surface area contributed by atoms with Crippen LogP contribution in [0.3, 0.4) is 0 Å². The topological polar surface area (TPSA) is 9.23 Å². The van der Waals surface area contributed by atoms with Crippen molar-refractivity contribution in [2.75, 3.05) is 6.61 Å². The molecular weight excluding hydrogens is 318 g/mol. The summed E-state index contributed by atoms with van der Waals surface area (Å²) in [5.41, 5.74) is 0.946. The molecule has 1 radical (unpaired) electrons. The van der Waals surface area contributed by atoms with Gasteiger partial charge in [0.05, 0.1) is 20.1 Å². The maximum absolute atomic E-state index is 6.18. The van der Waals surface area contributed by atoms with E-state index in [1.165, 1.54) is 6.42 Å². The second kappa shape index (κ2) is 6.13. The van der Waals surface area contributed by atoms with Crippen LogP contribution in [-0.4, -0.2) is 15.6 Å². The van der Waals surface area contributed by atoms with E-state index in [-0.39, 0.29) is 0 Å². The summed E-state index contributed by atoms with van der Waals surface area (Å²) in [4.78, 5) is 0. The van der Waals surface area contributed by atoms with E-state index >= 15 is 0 Å². The fraction of sp³-hybridized carbons (Fsp3) is 0.455. The molecule has 1 aliphatic heterocycles. The quantitative estimate of drug-likeness (QED) is 0.412. The average molecular weight is 329 g/mol. The molecule has 1 aromatic rings. The lowest BCUT2D eigenvalue weighted by Gasteiger charge is -2.21. The van der Waals surface area contributed by atoms with E-state index in [2.05, 4.69) is 0 Å². The molecular formula is C11H11Cl4OSi. The summed E-state index contributed by atoms with van der Waals surface area (Å²) in [6.45, 7) is 0.862. The van der Waals surface area contributed by atoms with Crippen molar-refractivity contribution < 1.29 is 4.43 Å². The van der Waals surface area contributed by atoms with Crippen LogP contribution in [0.25, 0.3) is 0 Å². The largest absolute Gasteiger partial charge is 0.416 e. The van der Waals surface area contributed by atoms with Crippen LogP contribution in [0.4, 0.5) is 0 Å². The normalized spacial score (nSPS) is 17.4. The molecule has 0 atom stereocenters. The fourth-order valence-corrected chi connectivity index (χ4v) is 5.04. The van der Waals surface area contributed by atoms with Crippen LogP contribution in [0.5, 0.6) is 0 Å². The Bertz CT molecular complexity index is 418. The van der Waals surface area contributed by atoms with Crippen molar-refractivity contribution in [2.45, 2.75) is 24.9 Å². The molecule has 0 unspecified atom stereocenters. The molecule has 6 heteroatoms. The summed E-state index contributed by atoms with van der Waals surface area (Å²) in [5.74, 6) is 0. The molecule has 1 aliphatic rings. The van der Waals surface area contributed by atoms with Gasteiger partial charge in [-0.15, -0.1) is 0 Å². The molecule has 0 N–H and O–H groups in total. The van der Waals surface area contributed by atoms with E-state index in [9.17, 15) is 0 Å². The highest BCUT2D eigenvalue weighted by atomic mass is 35.5. The van der Waals surface area contributed by atoms with Crippen LogP contribution < -0.4 is 0 Å². The SMILES string of the molecule is Clc1cc(C[Si]2CCCCO2)c(Cl)c(Cl)c1Cl. The molecule has 1 heterocycles. The van der Waals surface area contributed by atoms with Gasteiger partial charge < -0.3 is 4.43 Å². The number of hydrogen-bond donors (Lipinski definition) is 0. The summed E-state index contributed by atoms with van der Waals surface area (Å²) >= 11 is 24.1. The summed E-state index contributed by atoms with van der Waals surface area (Å²) in [5, 5.41) is 1.63. The van der Waals surface area contributed by atoms with E-state index < -0.39 is 9.04 Å². The van der Waals surface area contributed by atoms with Crippen LogP contribution in [0.2, 0.25) is 26.1 Å². The molecule has 0 amide bonds. The Balaban J connectivity index is 2.20. The highest BCUT2D eigenvalue weighted by Gasteiger charge is 2.21. The Morgan fingerprint density at radius 3 is 2.47 bits per heavy atom. The van der Waals surface area contributed by atoms with Gasteiger partial charge in [0.2, 0.25) is 9.04 Å². The van der Waals surface area contributed by atoms with Crippen molar-refractivity contribution in [3.05, 3.63) is 31.7 Å². The smallest absolute Gasteiger partial charge is 0.215 e. The zero-order valence-electron chi connectivity index (χ0n) is 9.03. The van der Waals surface area contributed by atoms with Crippen LogP contribution in [-0.2, 0) is 10.5 Å². The van der Waals surface area contributed by atoms with Crippen LogP contribution in [0.1, 0.15) is 18.4 Å². The van der Waals surface area contributed by atoms with E-state index in [0.29, 0.717) is 20.1 Å². The number of rotatable bonds is 2. The van der Waals surface area contributed by atoms with E-state index in [1.54, 1.807) is 6.07 Å². The molecule has 93 valence electrons. The maximum Gasteiger partial charge on any atom is 0.215 e. The third-order valence-corrected chi connectivity index (χ3v) is 6.81. The summed E-state index contributed by atoms with van der Waals surface area (Å²) in [7, 11) is -0.813. The molecule has 0 aliphatic carbocycles. The highest BCUT2D eigenvalue weighted by molar-refractivity contribution is 6.54. The van der Waals surface area contributed by atoms with Gasteiger partial charge in [0.25, 0.3) is 0 Å². The Hall–Kier alpha value is 0.557. The summed E-state index contributed by atoms with van der Waals surface area (Å²) in [6.07, 6.45) is 2.39. The average Bonchev–Trinajstić information content (AvgIpc) is 2.35. The first-order valence-electron chi connectivity index (χ1n) is 5.39. The Morgan fingerprint density at radius 2 is 1.82 bits per heavy atom. The minimum atomic E-state index is -0.813. The van der Waals surface area contributed by atoms with Gasteiger partial charge in [0.15, 0.2) is 0 Å². The van der Waals surface area contributed by atoms with Gasteiger partial charge in [0, 0.05) is 6.61 Å². The Kier molecular flexibility index (Phi) is 5.04. The van der Waals surface area contributed by atoms with Gasteiger partial charge in [-0.25, -0.2) is 0 Å². The van der Waals surface area contributed by atoms with E-state index in [4.69, 9.17) is 50.8 Å². The minimum Gasteiger partial charge on any atom is -0.416 e. The van der Waals surface area contributed by atoms with E-state index in [1.807, 2.05) is 0 Å². The van der Waals surface area contributed by atoms with E-state index in [0.717, 1.165) is 30.7 Å². The zero-order chi connectivity index (χ0) is 12.4. The second-order valence-electron chi connectivity index (χ2n) is 3.98. The number of halogens is 4. The maximum atomic E-state index is 6.18. The second-order valence-corrected chi connectivity index (χ2v) is 7.74. The predicted molar refractivity (Wildman–Crippen MR) is 75.9 cm³/mol. The van der Waals surface area contributed by atoms with Gasteiger partial charge in [-0.05, 0) is 30.1 Å². The van der Waals surface area contributed by atoms with Gasteiger partial charge in [-0.1, -0.05) is 52.8 Å². The molecule has 0 saturated carbocycles. The molecule has 0 spiro atoms. The fourth-order valence-electron chi connectivity index (χ4n) is 1.82. The van der Waals surface area contributed by atoms with Crippen LogP contribution >= 0.6 is 46.4 Å². The lowest BCUT2D eigenvalue weighted by atomic mass is 10.2. The highest BCUT2D eigenvalue weighted by Crippen LogP contribution is 2.38. The molecule has 0 bridgehead atoms. The first-order chi connectivity index (χ1) is 8.09. The number of benzene rings is 1. The van der Waals surface area contributed by atoms with Gasteiger partial charge in [-0.2, -0.15) is 0 Å². The van der Waals surface area contributed by atoms with Crippen molar-refractivity contribution in [1.29, 1.82) is 0 Å². The Labute approximate surface area is 123 Å². The summed E-state index contributed by atoms with van der Waals surface area (Å²) in [6, 6.07) is 3.78. The summed E-state index contributed by atoms with van der Waals surface area (Å²) < 4.78 is 5.77. The van der Waals surface area contributed by atoms with Crippen molar-refractivity contribution >= 4 is 55.4 Å². The lowest BCUT2D eigenvalue weighted by molar-refractivity contribution is 0.286. The van der Waals surface area contributed by atoms with Crippen molar-refractivity contribution in [1.82, 2.24) is 0 Å². The van der Waals surface area contributed by atoms with Crippen LogP contribution in [0.15, 0.2) is 6.07 Å². The zero-order valence-corrected chi connectivity index (χ0v) is 13.1. The first-order valence-corrected chi connectivity index (χ1v) is 8.72. The van der Waals surface area contributed by atoms with Crippen molar-refractivity contribution in [3.8, 4) is 0 Å². The minimum absolute atomic E-state index is 0.323. The number of hydrogen-bond acceptors (Lipinski definition) is 1. The van der Waals surface area contributed by atoms with Crippen molar-refractivity contribution in [3.63, 3.8) is 0 Å².